The lowest BCUT2D eigenvalue weighted by Gasteiger charge is -2.25. The van der Waals surface area contributed by atoms with Crippen LogP contribution in [0.3, 0.4) is 0 Å². The molecule has 1 aromatic heterocycles. The van der Waals surface area contributed by atoms with Crippen LogP contribution in [0.15, 0.2) is 46.9 Å². The van der Waals surface area contributed by atoms with E-state index in [9.17, 15) is 4.79 Å². The largest absolute Gasteiger partial charge is 0.451 e. The molecule has 0 aliphatic rings. The molecule has 1 amide bonds. The second-order valence-electron chi connectivity index (χ2n) is 4.86. The molecule has 5 nitrogen and oxygen atoms in total. The monoisotopic (exact) mass is 275 g/mol. The molecule has 1 heterocycles. The fourth-order valence-corrected chi connectivity index (χ4v) is 1.68. The summed E-state index contributed by atoms with van der Waals surface area (Å²) in [6, 6.07) is 12.7. The van der Waals surface area contributed by atoms with Gasteiger partial charge >= 0.3 is 0 Å². The van der Waals surface area contributed by atoms with E-state index >= 15 is 0 Å². The maximum Gasteiger partial charge on any atom is 0.287 e. The van der Waals surface area contributed by atoms with Crippen LogP contribution in [0.25, 0.3) is 11.3 Å². The van der Waals surface area contributed by atoms with Gasteiger partial charge in [0.2, 0.25) is 0 Å². The Kier molecular flexibility index (Phi) is 4.22. The molecule has 0 saturated carbocycles. The number of benzene rings is 1. The van der Waals surface area contributed by atoms with Gasteiger partial charge in [0, 0.05) is 5.56 Å². The van der Waals surface area contributed by atoms with Gasteiger partial charge in [0.15, 0.2) is 5.76 Å². The third kappa shape index (κ3) is 3.07. The second kappa shape index (κ2) is 5.90. The third-order valence-electron chi connectivity index (χ3n) is 3.00. The summed E-state index contributed by atoms with van der Waals surface area (Å²) >= 11 is 0. The average Bonchev–Trinajstić information content (AvgIpc) is 2.98. The summed E-state index contributed by atoms with van der Waals surface area (Å²) in [6.45, 7) is 0.828. The summed E-state index contributed by atoms with van der Waals surface area (Å²) in [5, 5.41) is 20.9. The normalized spacial score (nSPS) is 11.3. The summed E-state index contributed by atoms with van der Waals surface area (Å²) in [6.07, 6.45) is 0. The highest BCUT2D eigenvalue weighted by Crippen LogP contribution is 2.21. The summed E-state index contributed by atoms with van der Waals surface area (Å²) in [4.78, 5) is 12.0. The Bertz CT molecular complexity index is 573. The van der Waals surface area contributed by atoms with Crippen molar-refractivity contribution in [1.82, 2.24) is 5.32 Å². The molecule has 0 radical (unpaired) electrons. The van der Waals surface area contributed by atoms with Crippen molar-refractivity contribution in [3.63, 3.8) is 0 Å². The fraction of sp³-hybridized carbons (Fsp3) is 0.267. The zero-order valence-corrected chi connectivity index (χ0v) is 11.2. The van der Waals surface area contributed by atoms with Gasteiger partial charge in [0.1, 0.15) is 5.76 Å². The Hall–Kier alpha value is -2.11. The average molecular weight is 275 g/mol. The van der Waals surface area contributed by atoms with Crippen LogP contribution in [0.4, 0.5) is 0 Å². The van der Waals surface area contributed by atoms with Crippen molar-refractivity contribution in [3.05, 3.63) is 48.2 Å². The number of hydrogen-bond donors (Lipinski definition) is 3. The lowest BCUT2D eigenvalue weighted by Crippen LogP contribution is -2.51. The number of rotatable bonds is 5. The number of furan rings is 1. The van der Waals surface area contributed by atoms with E-state index in [1.54, 1.807) is 19.1 Å². The SMILES string of the molecule is CC(CO)(CO)NC(=O)c1ccc(-c2ccccc2)o1. The molecular weight excluding hydrogens is 258 g/mol. The molecule has 2 rings (SSSR count). The van der Waals surface area contributed by atoms with Crippen molar-refractivity contribution in [2.75, 3.05) is 13.2 Å². The molecular formula is C15H17NO4. The maximum absolute atomic E-state index is 12.0. The Labute approximate surface area is 116 Å². The number of hydrogen-bond acceptors (Lipinski definition) is 4. The first-order valence-corrected chi connectivity index (χ1v) is 6.27. The zero-order valence-electron chi connectivity index (χ0n) is 11.2. The zero-order chi connectivity index (χ0) is 14.6. The minimum Gasteiger partial charge on any atom is -0.451 e. The maximum atomic E-state index is 12.0. The van der Waals surface area contributed by atoms with Crippen molar-refractivity contribution in [2.24, 2.45) is 0 Å². The van der Waals surface area contributed by atoms with E-state index in [4.69, 9.17) is 14.6 Å². The van der Waals surface area contributed by atoms with Gasteiger partial charge in [0.25, 0.3) is 5.91 Å². The summed E-state index contributed by atoms with van der Waals surface area (Å²) < 4.78 is 5.49. The molecule has 2 aromatic rings. The fourth-order valence-electron chi connectivity index (χ4n) is 1.68. The van der Waals surface area contributed by atoms with Gasteiger partial charge in [0.05, 0.1) is 18.8 Å². The minimum atomic E-state index is -1.07. The molecule has 0 bridgehead atoms. The van der Waals surface area contributed by atoms with E-state index in [1.165, 1.54) is 0 Å². The topological polar surface area (TPSA) is 82.7 Å². The molecule has 106 valence electrons. The van der Waals surface area contributed by atoms with E-state index in [0.29, 0.717) is 5.76 Å². The van der Waals surface area contributed by atoms with Gasteiger partial charge in [-0.3, -0.25) is 4.79 Å². The molecule has 20 heavy (non-hydrogen) atoms. The molecule has 0 fully saturated rings. The van der Waals surface area contributed by atoms with Gasteiger partial charge in [-0.1, -0.05) is 30.3 Å². The smallest absolute Gasteiger partial charge is 0.287 e. The first-order valence-electron chi connectivity index (χ1n) is 6.27. The number of amides is 1. The minimum absolute atomic E-state index is 0.136. The second-order valence-corrected chi connectivity index (χ2v) is 4.86. The van der Waals surface area contributed by atoms with Crippen LogP contribution in [0, 0.1) is 0 Å². The Morgan fingerprint density at radius 3 is 2.40 bits per heavy atom. The van der Waals surface area contributed by atoms with Crippen LogP contribution >= 0.6 is 0 Å². The summed E-state index contributed by atoms with van der Waals surface area (Å²) in [7, 11) is 0. The molecule has 1 aromatic carbocycles. The van der Waals surface area contributed by atoms with Crippen LogP contribution in [0.2, 0.25) is 0 Å². The van der Waals surface area contributed by atoms with Crippen LogP contribution < -0.4 is 5.32 Å². The highest BCUT2D eigenvalue weighted by atomic mass is 16.4. The lowest BCUT2D eigenvalue weighted by atomic mass is 10.1. The van der Waals surface area contributed by atoms with E-state index < -0.39 is 11.4 Å². The van der Waals surface area contributed by atoms with Gasteiger partial charge in [-0.05, 0) is 19.1 Å². The highest BCUT2D eigenvalue weighted by molar-refractivity contribution is 5.92. The highest BCUT2D eigenvalue weighted by Gasteiger charge is 2.26. The van der Waals surface area contributed by atoms with Gasteiger partial charge in [-0.2, -0.15) is 0 Å². The Morgan fingerprint density at radius 2 is 1.80 bits per heavy atom. The molecule has 3 N–H and O–H groups in total. The molecule has 0 aliphatic heterocycles. The predicted octanol–water partition coefficient (Wildman–Crippen LogP) is 1.42. The summed E-state index contributed by atoms with van der Waals surface area (Å²) in [5.74, 6) is 0.250. The molecule has 0 saturated heterocycles. The standard InChI is InChI=1S/C15H17NO4/c1-15(9-17,10-18)16-14(19)13-8-7-12(20-13)11-5-3-2-4-6-11/h2-8,17-18H,9-10H2,1H3,(H,16,19). The number of carbonyl (C=O) groups is 1. The van der Waals surface area contributed by atoms with Gasteiger partial charge in [-0.15, -0.1) is 0 Å². The van der Waals surface area contributed by atoms with E-state index in [2.05, 4.69) is 5.32 Å². The van der Waals surface area contributed by atoms with Crippen LogP contribution in [0.1, 0.15) is 17.5 Å². The number of aliphatic hydroxyl groups excluding tert-OH is 2. The molecule has 0 unspecified atom stereocenters. The molecule has 0 aliphatic carbocycles. The van der Waals surface area contributed by atoms with Crippen molar-refractivity contribution < 1.29 is 19.4 Å². The van der Waals surface area contributed by atoms with Gasteiger partial charge in [-0.25, -0.2) is 0 Å². The van der Waals surface area contributed by atoms with Crippen molar-refractivity contribution in [1.29, 1.82) is 0 Å². The third-order valence-corrected chi connectivity index (χ3v) is 3.00. The number of aliphatic hydroxyl groups is 2. The summed E-state index contributed by atoms with van der Waals surface area (Å²) in [5.41, 5.74) is -0.199. The molecule has 0 spiro atoms. The first kappa shape index (κ1) is 14.3. The predicted molar refractivity (Wildman–Crippen MR) is 74.2 cm³/mol. The van der Waals surface area contributed by atoms with E-state index in [-0.39, 0.29) is 19.0 Å². The van der Waals surface area contributed by atoms with Crippen LogP contribution in [-0.2, 0) is 0 Å². The van der Waals surface area contributed by atoms with Crippen molar-refractivity contribution in [2.45, 2.75) is 12.5 Å². The molecule has 0 atom stereocenters. The quantitative estimate of drug-likeness (QED) is 0.770. The van der Waals surface area contributed by atoms with Crippen molar-refractivity contribution >= 4 is 5.91 Å². The first-order chi connectivity index (χ1) is 9.58. The van der Waals surface area contributed by atoms with E-state index in [0.717, 1.165) is 5.56 Å². The number of carbonyl (C=O) groups excluding carboxylic acids is 1. The number of nitrogens with one attached hydrogen (secondary N) is 1. The Morgan fingerprint density at radius 1 is 1.15 bits per heavy atom. The van der Waals surface area contributed by atoms with Crippen molar-refractivity contribution in [3.8, 4) is 11.3 Å². The van der Waals surface area contributed by atoms with Gasteiger partial charge < -0.3 is 19.9 Å². The molecule has 5 heteroatoms. The van der Waals surface area contributed by atoms with Crippen LogP contribution in [0.5, 0.6) is 0 Å². The van der Waals surface area contributed by atoms with E-state index in [1.807, 2.05) is 30.3 Å². The lowest BCUT2D eigenvalue weighted by molar-refractivity contribution is 0.0701. The Balaban J connectivity index is 2.15. The van der Waals surface area contributed by atoms with Crippen LogP contribution in [-0.4, -0.2) is 34.9 Å².